The third-order valence-corrected chi connectivity index (χ3v) is 2.61. The number of hydrogen-bond donors (Lipinski definition) is 1. The van der Waals surface area contributed by atoms with Crippen LogP contribution in [0.3, 0.4) is 0 Å². The average molecular weight is 258 g/mol. The highest BCUT2D eigenvalue weighted by molar-refractivity contribution is 5.76. The molecule has 5 nitrogen and oxygen atoms in total. The van der Waals surface area contributed by atoms with Crippen LogP contribution in [0.25, 0.3) is 22.6 Å². The van der Waals surface area contributed by atoms with Crippen molar-refractivity contribution in [3.8, 4) is 17.3 Å². The number of ether oxygens (including phenoxy) is 1. The number of imidazole rings is 1. The van der Waals surface area contributed by atoms with Crippen molar-refractivity contribution >= 4 is 11.2 Å². The second-order valence-electron chi connectivity index (χ2n) is 3.91. The van der Waals surface area contributed by atoms with Crippen LogP contribution in [0.4, 0.5) is 4.39 Å². The molecule has 0 radical (unpaired) electrons. The van der Waals surface area contributed by atoms with E-state index in [4.69, 9.17) is 4.74 Å². The fraction of sp³-hybridized carbons (Fsp3) is 0.154. The van der Waals surface area contributed by atoms with Gasteiger partial charge >= 0.3 is 0 Å². The summed E-state index contributed by atoms with van der Waals surface area (Å²) in [6, 6.07) is 6.53. The first-order valence-corrected chi connectivity index (χ1v) is 5.88. The highest BCUT2D eigenvalue weighted by atomic mass is 19.1. The summed E-state index contributed by atoms with van der Waals surface area (Å²) in [5, 5.41) is 0. The Morgan fingerprint density at radius 1 is 1.21 bits per heavy atom. The first-order valence-electron chi connectivity index (χ1n) is 5.88. The number of pyridine rings is 2. The average Bonchev–Trinajstić information content (AvgIpc) is 2.83. The summed E-state index contributed by atoms with van der Waals surface area (Å²) in [5.74, 6) is 0.616. The van der Waals surface area contributed by atoms with Crippen LogP contribution in [0.5, 0.6) is 5.88 Å². The quantitative estimate of drug-likeness (QED) is 0.733. The summed E-state index contributed by atoms with van der Waals surface area (Å²) in [6.07, 6.45) is 1.43. The zero-order valence-corrected chi connectivity index (χ0v) is 10.2. The van der Waals surface area contributed by atoms with Crippen LogP contribution in [0, 0.1) is 5.95 Å². The van der Waals surface area contributed by atoms with Gasteiger partial charge in [0.1, 0.15) is 5.82 Å². The van der Waals surface area contributed by atoms with Crippen molar-refractivity contribution in [1.29, 1.82) is 0 Å². The molecule has 0 aliphatic heterocycles. The van der Waals surface area contributed by atoms with E-state index in [1.54, 1.807) is 12.1 Å². The Kier molecular flexibility index (Phi) is 2.83. The molecule has 0 bridgehead atoms. The number of nitrogens with zero attached hydrogens (tertiary/aromatic N) is 3. The third-order valence-electron chi connectivity index (χ3n) is 2.61. The molecule has 0 fully saturated rings. The van der Waals surface area contributed by atoms with Gasteiger partial charge in [0.15, 0.2) is 5.65 Å². The SMILES string of the molecule is CCOc1ccc2[nH]c(-c3ccc(F)nc3)nc2n1. The van der Waals surface area contributed by atoms with Crippen molar-refractivity contribution < 1.29 is 9.13 Å². The molecule has 0 saturated carbocycles. The van der Waals surface area contributed by atoms with Crippen LogP contribution in [0.2, 0.25) is 0 Å². The molecule has 0 atom stereocenters. The topological polar surface area (TPSA) is 63.7 Å². The Hall–Kier alpha value is -2.50. The van der Waals surface area contributed by atoms with Crippen molar-refractivity contribution in [2.75, 3.05) is 6.61 Å². The minimum absolute atomic E-state index is 0.517. The molecule has 6 heteroatoms. The Bertz CT molecular complexity index is 708. The largest absolute Gasteiger partial charge is 0.478 e. The van der Waals surface area contributed by atoms with Crippen LogP contribution < -0.4 is 4.74 Å². The predicted molar refractivity (Wildman–Crippen MR) is 68.2 cm³/mol. The van der Waals surface area contributed by atoms with Crippen molar-refractivity contribution in [3.63, 3.8) is 0 Å². The molecule has 0 amide bonds. The van der Waals surface area contributed by atoms with Gasteiger partial charge in [-0.15, -0.1) is 0 Å². The lowest BCUT2D eigenvalue weighted by atomic mass is 10.3. The second kappa shape index (κ2) is 4.64. The maximum Gasteiger partial charge on any atom is 0.215 e. The van der Waals surface area contributed by atoms with E-state index in [0.717, 1.165) is 5.52 Å². The Balaban J connectivity index is 2.03. The van der Waals surface area contributed by atoms with Gasteiger partial charge < -0.3 is 9.72 Å². The lowest BCUT2D eigenvalue weighted by Crippen LogP contribution is -1.93. The molecule has 3 heterocycles. The Morgan fingerprint density at radius 2 is 2.11 bits per heavy atom. The predicted octanol–water partition coefficient (Wildman–Crippen LogP) is 2.56. The number of nitrogens with one attached hydrogen (secondary N) is 1. The number of H-pyrrole nitrogens is 1. The van der Waals surface area contributed by atoms with Crippen LogP contribution >= 0.6 is 0 Å². The lowest BCUT2D eigenvalue weighted by molar-refractivity contribution is 0.328. The van der Waals surface area contributed by atoms with E-state index < -0.39 is 5.95 Å². The van der Waals surface area contributed by atoms with Crippen LogP contribution in [-0.4, -0.2) is 26.5 Å². The number of rotatable bonds is 3. The summed E-state index contributed by atoms with van der Waals surface area (Å²) < 4.78 is 18.1. The van der Waals surface area contributed by atoms with Gasteiger partial charge in [0.2, 0.25) is 11.8 Å². The van der Waals surface area contributed by atoms with Gasteiger partial charge in [-0.3, -0.25) is 0 Å². The summed E-state index contributed by atoms with van der Waals surface area (Å²) >= 11 is 0. The molecule has 0 aromatic carbocycles. The zero-order valence-electron chi connectivity index (χ0n) is 10.2. The van der Waals surface area contributed by atoms with Crippen LogP contribution in [0.1, 0.15) is 6.92 Å². The summed E-state index contributed by atoms with van der Waals surface area (Å²) in [6.45, 7) is 2.45. The lowest BCUT2D eigenvalue weighted by Gasteiger charge is -1.99. The second-order valence-corrected chi connectivity index (χ2v) is 3.91. The number of aromatic amines is 1. The van der Waals surface area contributed by atoms with Gasteiger partial charge in [0.25, 0.3) is 0 Å². The van der Waals surface area contributed by atoms with E-state index in [-0.39, 0.29) is 0 Å². The number of halogens is 1. The molecule has 3 aromatic heterocycles. The van der Waals surface area contributed by atoms with Gasteiger partial charge in [-0.25, -0.2) is 9.97 Å². The first-order chi connectivity index (χ1) is 9.26. The van der Waals surface area contributed by atoms with Gasteiger partial charge in [-0.2, -0.15) is 9.37 Å². The minimum Gasteiger partial charge on any atom is -0.478 e. The molecule has 1 N–H and O–H groups in total. The Morgan fingerprint density at radius 3 is 2.84 bits per heavy atom. The number of fused-ring (bicyclic) bond motifs is 1. The summed E-state index contributed by atoms with van der Waals surface area (Å²) in [7, 11) is 0. The molecule has 96 valence electrons. The van der Waals surface area contributed by atoms with E-state index in [9.17, 15) is 4.39 Å². The molecular formula is C13H11FN4O. The molecule has 0 spiro atoms. The van der Waals surface area contributed by atoms with Gasteiger partial charge in [0, 0.05) is 17.8 Å². The highest BCUT2D eigenvalue weighted by Gasteiger charge is 2.08. The molecular weight excluding hydrogens is 247 g/mol. The molecule has 0 saturated heterocycles. The molecule has 0 aliphatic carbocycles. The van der Waals surface area contributed by atoms with Crippen molar-refractivity contribution in [3.05, 3.63) is 36.4 Å². The van der Waals surface area contributed by atoms with Crippen molar-refractivity contribution in [1.82, 2.24) is 19.9 Å². The maximum absolute atomic E-state index is 12.8. The van der Waals surface area contributed by atoms with Crippen LogP contribution in [0.15, 0.2) is 30.5 Å². The molecule has 3 aromatic rings. The summed E-state index contributed by atoms with van der Waals surface area (Å²) in [5.41, 5.74) is 2.06. The van der Waals surface area contributed by atoms with E-state index >= 15 is 0 Å². The van der Waals surface area contributed by atoms with E-state index in [2.05, 4.69) is 19.9 Å². The first kappa shape index (κ1) is 11.6. The van der Waals surface area contributed by atoms with Gasteiger partial charge in [-0.1, -0.05) is 0 Å². The fourth-order valence-corrected chi connectivity index (χ4v) is 1.76. The standard InChI is InChI=1S/C13H11FN4O/c1-2-19-11-6-4-9-13(17-11)18-12(16-9)8-3-5-10(14)15-7-8/h3-7H,2H2,1H3,(H,16,17,18). The normalized spacial score (nSPS) is 10.8. The van der Waals surface area contributed by atoms with Crippen molar-refractivity contribution in [2.24, 2.45) is 0 Å². The molecule has 0 aliphatic rings. The number of aromatic nitrogens is 4. The summed E-state index contributed by atoms with van der Waals surface area (Å²) in [4.78, 5) is 15.3. The molecule has 19 heavy (non-hydrogen) atoms. The fourth-order valence-electron chi connectivity index (χ4n) is 1.76. The monoisotopic (exact) mass is 258 g/mol. The van der Waals surface area contributed by atoms with E-state index in [1.165, 1.54) is 12.3 Å². The zero-order chi connectivity index (χ0) is 13.2. The van der Waals surface area contributed by atoms with Crippen molar-refractivity contribution in [2.45, 2.75) is 6.92 Å². The molecule has 0 unspecified atom stereocenters. The van der Waals surface area contributed by atoms with E-state index in [0.29, 0.717) is 29.5 Å². The third kappa shape index (κ3) is 2.24. The smallest absolute Gasteiger partial charge is 0.215 e. The molecule has 3 rings (SSSR count). The minimum atomic E-state index is -0.517. The van der Waals surface area contributed by atoms with Gasteiger partial charge in [0.05, 0.1) is 12.1 Å². The highest BCUT2D eigenvalue weighted by Crippen LogP contribution is 2.20. The van der Waals surface area contributed by atoms with E-state index in [1.807, 2.05) is 13.0 Å². The Labute approximate surface area is 108 Å². The van der Waals surface area contributed by atoms with Gasteiger partial charge in [-0.05, 0) is 25.1 Å². The maximum atomic E-state index is 12.8. The van der Waals surface area contributed by atoms with Crippen LogP contribution in [-0.2, 0) is 0 Å². The number of hydrogen-bond acceptors (Lipinski definition) is 4.